The van der Waals surface area contributed by atoms with Crippen LogP contribution in [-0.4, -0.2) is 37.0 Å². The molecule has 5 heteroatoms. The summed E-state index contributed by atoms with van der Waals surface area (Å²) in [4.78, 5) is 14.3. The number of halogens is 2. The van der Waals surface area contributed by atoms with Gasteiger partial charge >= 0.3 is 0 Å². The van der Waals surface area contributed by atoms with Crippen LogP contribution in [-0.2, 0) is 0 Å². The van der Waals surface area contributed by atoms with E-state index in [0.29, 0.717) is 6.54 Å². The summed E-state index contributed by atoms with van der Waals surface area (Å²) in [6.07, 6.45) is 5.61. The molecule has 0 heterocycles. The van der Waals surface area contributed by atoms with Gasteiger partial charge in [0.2, 0.25) is 0 Å². The lowest BCUT2D eigenvalue weighted by Crippen LogP contribution is -2.53. The predicted molar refractivity (Wildman–Crippen MR) is 78.2 cm³/mol. The van der Waals surface area contributed by atoms with Crippen molar-refractivity contribution in [3.63, 3.8) is 0 Å². The molecule has 0 unspecified atom stereocenters. The molecule has 0 radical (unpaired) electrons. The van der Waals surface area contributed by atoms with Crippen LogP contribution in [0.3, 0.4) is 0 Å². The first-order valence-electron chi connectivity index (χ1n) is 7.35. The number of carbonyl (C=O) groups excluding carboxylic acids is 1. The Labute approximate surface area is 124 Å². The van der Waals surface area contributed by atoms with Crippen molar-refractivity contribution >= 4 is 5.91 Å². The van der Waals surface area contributed by atoms with Crippen LogP contribution < -0.4 is 5.32 Å². The van der Waals surface area contributed by atoms with Crippen LogP contribution in [0.5, 0.6) is 0 Å². The maximum absolute atomic E-state index is 13.2. The third-order valence-corrected chi connectivity index (χ3v) is 4.49. The number of nitrogens with zero attached hydrogens (tertiary/aromatic N) is 1. The van der Waals surface area contributed by atoms with Gasteiger partial charge in [-0.3, -0.25) is 4.79 Å². The first-order chi connectivity index (χ1) is 9.94. The van der Waals surface area contributed by atoms with Crippen molar-refractivity contribution in [1.29, 1.82) is 0 Å². The van der Waals surface area contributed by atoms with E-state index in [4.69, 9.17) is 0 Å². The van der Waals surface area contributed by atoms with E-state index in [-0.39, 0.29) is 17.0 Å². The summed E-state index contributed by atoms with van der Waals surface area (Å²) in [5, 5.41) is 2.87. The lowest BCUT2D eigenvalue weighted by Gasteiger charge is -2.43. The Balaban J connectivity index is 2.03. The Morgan fingerprint density at radius 2 is 1.86 bits per heavy atom. The maximum Gasteiger partial charge on any atom is 0.251 e. The fraction of sp³-hybridized carbons (Fsp3) is 0.562. The number of hydrogen-bond acceptors (Lipinski definition) is 2. The van der Waals surface area contributed by atoms with Gasteiger partial charge in [0.05, 0.1) is 0 Å². The van der Waals surface area contributed by atoms with Crippen molar-refractivity contribution in [1.82, 2.24) is 10.2 Å². The molecule has 1 N–H and O–H groups in total. The van der Waals surface area contributed by atoms with Crippen molar-refractivity contribution in [2.24, 2.45) is 0 Å². The van der Waals surface area contributed by atoms with Gasteiger partial charge in [0, 0.05) is 17.6 Å². The molecule has 0 aromatic heterocycles. The highest BCUT2D eigenvalue weighted by Gasteiger charge is 2.34. The largest absolute Gasteiger partial charge is 0.350 e. The summed E-state index contributed by atoms with van der Waals surface area (Å²) in [6.45, 7) is 0.526. The molecule has 1 amide bonds. The molecule has 0 saturated heterocycles. The number of amides is 1. The van der Waals surface area contributed by atoms with E-state index in [1.54, 1.807) is 0 Å². The molecule has 1 aromatic rings. The summed E-state index contributed by atoms with van der Waals surface area (Å²) in [7, 11) is 4.05. The van der Waals surface area contributed by atoms with Gasteiger partial charge in [-0.15, -0.1) is 0 Å². The monoisotopic (exact) mass is 296 g/mol. The minimum atomic E-state index is -0.998. The van der Waals surface area contributed by atoms with Gasteiger partial charge in [0.25, 0.3) is 5.91 Å². The van der Waals surface area contributed by atoms with Crippen molar-refractivity contribution in [2.45, 2.75) is 37.6 Å². The zero-order valence-electron chi connectivity index (χ0n) is 12.6. The quantitative estimate of drug-likeness (QED) is 0.926. The minimum Gasteiger partial charge on any atom is -0.350 e. The van der Waals surface area contributed by atoms with Gasteiger partial charge in [-0.2, -0.15) is 0 Å². The fourth-order valence-corrected chi connectivity index (χ4v) is 2.98. The maximum atomic E-state index is 13.2. The van der Waals surface area contributed by atoms with Gasteiger partial charge in [0.1, 0.15) is 0 Å². The topological polar surface area (TPSA) is 32.3 Å². The molecule has 0 atom stereocenters. The van der Waals surface area contributed by atoms with E-state index in [9.17, 15) is 13.6 Å². The molecule has 0 bridgehead atoms. The molecule has 1 saturated carbocycles. The van der Waals surface area contributed by atoms with E-state index in [1.807, 2.05) is 14.1 Å². The molecule has 0 aliphatic heterocycles. The van der Waals surface area contributed by atoms with Crippen molar-refractivity contribution < 1.29 is 13.6 Å². The van der Waals surface area contributed by atoms with Crippen LogP contribution in [0.4, 0.5) is 8.78 Å². The predicted octanol–water partition coefficient (Wildman–Crippen LogP) is 2.96. The standard InChI is InChI=1S/C16H22F2N2O/c1-20(2)16(8-4-3-5-9-16)11-19-15(21)12-6-7-13(17)14(18)10-12/h6-7,10H,3-5,8-9,11H2,1-2H3,(H,19,21). The van der Waals surface area contributed by atoms with E-state index >= 15 is 0 Å². The van der Waals surface area contributed by atoms with E-state index in [1.165, 1.54) is 12.5 Å². The molecule has 1 fully saturated rings. The number of likely N-dealkylation sites (N-methyl/N-ethyl adjacent to an activating group) is 1. The lowest BCUT2D eigenvalue weighted by molar-refractivity contribution is 0.0799. The second kappa shape index (κ2) is 6.52. The molecular formula is C16H22F2N2O. The summed E-state index contributed by atoms with van der Waals surface area (Å²) in [6, 6.07) is 3.22. The summed E-state index contributed by atoms with van der Waals surface area (Å²) in [5.41, 5.74) is 0.116. The van der Waals surface area contributed by atoms with Gasteiger partial charge in [-0.05, 0) is 45.1 Å². The third-order valence-electron chi connectivity index (χ3n) is 4.49. The Morgan fingerprint density at radius 1 is 1.19 bits per heavy atom. The zero-order valence-corrected chi connectivity index (χ0v) is 12.6. The molecule has 1 aromatic carbocycles. The number of carbonyl (C=O) groups is 1. The van der Waals surface area contributed by atoms with Crippen molar-refractivity contribution in [3.8, 4) is 0 Å². The Kier molecular flexibility index (Phi) is 4.93. The molecule has 3 nitrogen and oxygen atoms in total. The molecular weight excluding hydrogens is 274 g/mol. The number of benzene rings is 1. The molecule has 116 valence electrons. The molecule has 21 heavy (non-hydrogen) atoms. The number of nitrogens with one attached hydrogen (secondary N) is 1. The Hall–Kier alpha value is -1.49. The number of hydrogen-bond donors (Lipinski definition) is 1. The van der Waals surface area contributed by atoms with E-state index in [2.05, 4.69) is 10.2 Å². The Morgan fingerprint density at radius 3 is 2.43 bits per heavy atom. The third kappa shape index (κ3) is 3.59. The van der Waals surface area contributed by atoms with Crippen LogP contribution in [0.25, 0.3) is 0 Å². The van der Waals surface area contributed by atoms with Crippen molar-refractivity contribution in [2.75, 3.05) is 20.6 Å². The van der Waals surface area contributed by atoms with Gasteiger partial charge in [0.15, 0.2) is 11.6 Å². The molecule has 2 rings (SSSR count). The van der Waals surface area contributed by atoms with E-state index in [0.717, 1.165) is 37.8 Å². The minimum absolute atomic E-state index is 0.0352. The summed E-state index contributed by atoms with van der Waals surface area (Å²) < 4.78 is 26.1. The lowest BCUT2D eigenvalue weighted by atomic mass is 9.80. The normalized spacial score (nSPS) is 17.8. The second-order valence-electron chi connectivity index (χ2n) is 5.99. The smallest absolute Gasteiger partial charge is 0.251 e. The molecule has 0 spiro atoms. The second-order valence-corrected chi connectivity index (χ2v) is 5.99. The number of rotatable bonds is 4. The Bertz CT molecular complexity index is 511. The zero-order chi connectivity index (χ0) is 15.5. The highest BCUT2D eigenvalue weighted by molar-refractivity contribution is 5.94. The summed E-state index contributed by atoms with van der Waals surface area (Å²) >= 11 is 0. The SMILES string of the molecule is CN(C)C1(CNC(=O)c2ccc(F)c(F)c2)CCCCC1. The summed E-state index contributed by atoms with van der Waals surface area (Å²) in [5.74, 6) is -2.30. The molecule has 1 aliphatic carbocycles. The average molecular weight is 296 g/mol. The highest BCUT2D eigenvalue weighted by atomic mass is 19.2. The van der Waals surface area contributed by atoms with Crippen LogP contribution in [0.15, 0.2) is 18.2 Å². The van der Waals surface area contributed by atoms with Crippen LogP contribution >= 0.6 is 0 Å². The fourth-order valence-electron chi connectivity index (χ4n) is 2.98. The van der Waals surface area contributed by atoms with E-state index < -0.39 is 11.6 Å². The highest BCUT2D eigenvalue weighted by Crippen LogP contribution is 2.31. The van der Waals surface area contributed by atoms with Crippen LogP contribution in [0.2, 0.25) is 0 Å². The van der Waals surface area contributed by atoms with Crippen LogP contribution in [0, 0.1) is 11.6 Å². The first-order valence-corrected chi connectivity index (χ1v) is 7.35. The first kappa shape index (κ1) is 15.9. The van der Waals surface area contributed by atoms with Gasteiger partial charge < -0.3 is 10.2 Å². The average Bonchev–Trinajstić information content (AvgIpc) is 2.48. The molecule has 1 aliphatic rings. The van der Waals surface area contributed by atoms with Crippen molar-refractivity contribution in [3.05, 3.63) is 35.4 Å². The van der Waals surface area contributed by atoms with Gasteiger partial charge in [-0.1, -0.05) is 19.3 Å². The van der Waals surface area contributed by atoms with Crippen LogP contribution in [0.1, 0.15) is 42.5 Å². The van der Waals surface area contributed by atoms with Gasteiger partial charge in [-0.25, -0.2) is 8.78 Å².